The number of rotatable bonds is 5. The first-order valence-corrected chi connectivity index (χ1v) is 9.06. The number of halogens is 2. The van der Waals surface area contributed by atoms with Gasteiger partial charge >= 0.3 is 5.97 Å². The monoisotopic (exact) mass is 368 g/mol. The lowest BCUT2D eigenvalue weighted by atomic mass is 9.87. The molecule has 0 aromatic heterocycles. The molecule has 5 nitrogen and oxygen atoms in total. The molecule has 1 N–H and O–H groups in total. The second-order valence-electron chi connectivity index (χ2n) is 7.09. The summed E-state index contributed by atoms with van der Waals surface area (Å²) in [5.41, 5.74) is 1.54. The van der Waals surface area contributed by atoms with Crippen LogP contribution in [0.3, 0.4) is 0 Å². The first kappa shape index (κ1) is 19.0. The summed E-state index contributed by atoms with van der Waals surface area (Å²) in [6.45, 7) is 3.31. The van der Waals surface area contributed by atoms with Gasteiger partial charge in [0, 0.05) is 56.9 Å². The number of carbonyl (C=O) groups is 1. The Morgan fingerprint density at radius 2 is 1.88 bits per heavy atom. The summed E-state index contributed by atoms with van der Waals surface area (Å²) in [4.78, 5) is 13.8. The van der Waals surface area contributed by atoms with Crippen LogP contribution in [0.15, 0.2) is 12.1 Å². The number of hydrogen-bond acceptors (Lipinski definition) is 5. The summed E-state index contributed by atoms with van der Waals surface area (Å²) in [5.74, 6) is -1.70. The van der Waals surface area contributed by atoms with Crippen molar-refractivity contribution >= 4 is 11.7 Å². The highest BCUT2D eigenvalue weighted by molar-refractivity contribution is 5.72. The summed E-state index contributed by atoms with van der Waals surface area (Å²) in [7, 11) is 3.05. The fraction of sp³-hybridized carbons (Fsp3) is 0.632. The number of ether oxygens (including phenoxy) is 2. The van der Waals surface area contributed by atoms with Gasteiger partial charge in [-0.15, -0.1) is 0 Å². The number of nitrogens with zero attached hydrogens (tertiary/aromatic N) is 1. The quantitative estimate of drug-likeness (QED) is 0.809. The molecule has 2 heterocycles. The zero-order chi connectivity index (χ0) is 18.7. The van der Waals surface area contributed by atoms with Crippen molar-refractivity contribution in [1.82, 2.24) is 5.32 Å². The second kappa shape index (κ2) is 8.31. The number of nitrogens with one attached hydrogen (secondary N) is 1. The molecule has 0 amide bonds. The third kappa shape index (κ3) is 3.83. The highest BCUT2D eigenvalue weighted by Gasteiger charge is 2.33. The summed E-state index contributed by atoms with van der Waals surface area (Å²) in [5, 5.41) is 3.32. The number of hydrogen-bond donors (Lipinski definition) is 1. The van der Waals surface area contributed by atoms with Crippen LogP contribution < -0.4 is 10.2 Å². The fourth-order valence-electron chi connectivity index (χ4n) is 4.13. The number of carbonyl (C=O) groups excluding carboxylic acids is 1. The SMILES string of the molecule is COC[C@H]1CNC[C@@H]1c1cc(F)c(F)cc1N1CCC(C(=O)OC)CC1. The van der Waals surface area contributed by atoms with Crippen LogP contribution in [0.25, 0.3) is 0 Å². The summed E-state index contributed by atoms with van der Waals surface area (Å²) in [6, 6.07) is 2.63. The third-order valence-corrected chi connectivity index (χ3v) is 5.56. The largest absolute Gasteiger partial charge is 0.469 e. The lowest BCUT2D eigenvalue weighted by Crippen LogP contribution is -2.37. The minimum atomic E-state index is -0.840. The van der Waals surface area contributed by atoms with Crippen molar-refractivity contribution in [3.05, 3.63) is 29.3 Å². The van der Waals surface area contributed by atoms with Crippen molar-refractivity contribution in [3.63, 3.8) is 0 Å². The molecule has 0 unspecified atom stereocenters. The molecule has 0 saturated carbocycles. The number of piperidine rings is 1. The molecule has 7 heteroatoms. The molecule has 0 aliphatic carbocycles. The Labute approximate surface area is 152 Å². The maximum absolute atomic E-state index is 14.0. The molecule has 2 aliphatic rings. The van der Waals surface area contributed by atoms with Crippen LogP contribution in [0.1, 0.15) is 24.3 Å². The Morgan fingerprint density at radius 1 is 1.19 bits per heavy atom. The van der Waals surface area contributed by atoms with Crippen LogP contribution in [0, 0.1) is 23.5 Å². The molecule has 2 saturated heterocycles. The van der Waals surface area contributed by atoms with E-state index in [-0.39, 0.29) is 23.7 Å². The number of methoxy groups -OCH3 is 2. The van der Waals surface area contributed by atoms with Gasteiger partial charge in [0.15, 0.2) is 11.6 Å². The van der Waals surface area contributed by atoms with Crippen LogP contribution >= 0.6 is 0 Å². The zero-order valence-corrected chi connectivity index (χ0v) is 15.3. The third-order valence-electron chi connectivity index (χ3n) is 5.56. The Balaban J connectivity index is 1.85. The summed E-state index contributed by atoms with van der Waals surface area (Å²) >= 11 is 0. The average Bonchev–Trinajstić information content (AvgIpc) is 3.11. The Bertz CT molecular complexity index is 648. The van der Waals surface area contributed by atoms with Gasteiger partial charge in [0.2, 0.25) is 0 Å². The lowest BCUT2D eigenvalue weighted by Gasteiger charge is -2.35. The number of esters is 1. The molecule has 26 heavy (non-hydrogen) atoms. The van der Waals surface area contributed by atoms with E-state index < -0.39 is 11.6 Å². The maximum atomic E-state index is 14.0. The van der Waals surface area contributed by atoms with Crippen molar-refractivity contribution in [1.29, 1.82) is 0 Å². The predicted molar refractivity (Wildman–Crippen MR) is 94.3 cm³/mol. The van der Waals surface area contributed by atoms with Crippen LogP contribution in [-0.4, -0.2) is 53.0 Å². The van der Waals surface area contributed by atoms with E-state index in [1.807, 2.05) is 0 Å². The van der Waals surface area contributed by atoms with Crippen molar-refractivity contribution < 1.29 is 23.0 Å². The molecule has 0 spiro atoms. The smallest absolute Gasteiger partial charge is 0.308 e. The highest BCUT2D eigenvalue weighted by Crippen LogP contribution is 2.38. The Hall–Kier alpha value is -1.73. The molecule has 1 aromatic rings. The van der Waals surface area contributed by atoms with Gasteiger partial charge in [0.25, 0.3) is 0 Å². The topological polar surface area (TPSA) is 50.8 Å². The molecule has 2 aliphatic heterocycles. The maximum Gasteiger partial charge on any atom is 0.308 e. The summed E-state index contributed by atoms with van der Waals surface area (Å²) < 4.78 is 38.1. The normalized spacial score (nSPS) is 24.1. The minimum absolute atomic E-state index is 0.0679. The number of anilines is 1. The second-order valence-corrected chi connectivity index (χ2v) is 7.09. The van der Waals surface area contributed by atoms with Crippen molar-refractivity contribution in [2.75, 3.05) is 51.9 Å². The van der Waals surface area contributed by atoms with E-state index in [4.69, 9.17) is 9.47 Å². The predicted octanol–water partition coefficient (Wildman–Crippen LogP) is 2.30. The van der Waals surface area contributed by atoms with Gasteiger partial charge < -0.3 is 19.7 Å². The van der Waals surface area contributed by atoms with E-state index >= 15 is 0 Å². The fourth-order valence-corrected chi connectivity index (χ4v) is 4.13. The minimum Gasteiger partial charge on any atom is -0.469 e. The zero-order valence-electron chi connectivity index (χ0n) is 15.3. The van der Waals surface area contributed by atoms with Gasteiger partial charge in [-0.2, -0.15) is 0 Å². The van der Waals surface area contributed by atoms with E-state index in [0.29, 0.717) is 39.1 Å². The molecule has 144 valence electrons. The van der Waals surface area contributed by atoms with E-state index in [1.165, 1.54) is 19.2 Å². The standard InChI is InChI=1S/C19H26F2N2O3/c1-25-11-13-9-22-10-15(13)14-7-16(20)17(21)8-18(14)23-5-3-12(4-6-23)19(24)26-2/h7-8,12-13,15,22H,3-6,9-11H2,1-2H3/t13-,15+/m1/s1. The van der Waals surface area contributed by atoms with Crippen molar-refractivity contribution in [3.8, 4) is 0 Å². The average molecular weight is 368 g/mol. The highest BCUT2D eigenvalue weighted by atomic mass is 19.2. The van der Waals surface area contributed by atoms with Crippen LogP contribution in [0.5, 0.6) is 0 Å². The van der Waals surface area contributed by atoms with Crippen molar-refractivity contribution in [2.45, 2.75) is 18.8 Å². The van der Waals surface area contributed by atoms with Crippen LogP contribution in [0.4, 0.5) is 14.5 Å². The van der Waals surface area contributed by atoms with E-state index in [1.54, 1.807) is 7.11 Å². The van der Waals surface area contributed by atoms with E-state index in [9.17, 15) is 13.6 Å². The van der Waals surface area contributed by atoms with Crippen LogP contribution in [-0.2, 0) is 14.3 Å². The molecule has 2 atom stereocenters. The van der Waals surface area contributed by atoms with Gasteiger partial charge in [0.05, 0.1) is 19.6 Å². The van der Waals surface area contributed by atoms with Crippen LogP contribution in [0.2, 0.25) is 0 Å². The summed E-state index contributed by atoms with van der Waals surface area (Å²) in [6.07, 6.45) is 1.30. The number of benzene rings is 1. The molecular formula is C19H26F2N2O3. The lowest BCUT2D eigenvalue weighted by molar-refractivity contribution is -0.146. The Kier molecular flexibility index (Phi) is 6.09. The van der Waals surface area contributed by atoms with Gasteiger partial charge in [-0.1, -0.05) is 0 Å². The molecular weight excluding hydrogens is 342 g/mol. The van der Waals surface area contributed by atoms with E-state index in [0.717, 1.165) is 17.8 Å². The molecule has 2 fully saturated rings. The Morgan fingerprint density at radius 3 is 2.54 bits per heavy atom. The van der Waals surface area contributed by atoms with Crippen molar-refractivity contribution in [2.24, 2.45) is 11.8 Å². The first-order chi connectivity index (χ1) is 12.5. The van der Waals surface area contributed by atoms with Gasteiger partial charge in [-0.05, 0) is 24.5 Å². The van der Waals surface area contributed by atoms with E-state index in [2.05, 4.69) is 10.2 Å². The molecule has 3 rings (SSSR count). The van der Waals surface area contributed by atoms with Gasteiger partial charge in [-0.3, -0.25) is 4.79 Å². The molecule has 1 aromatic carbocycles. The molecule has 0 radical (unpaired) electrons. The van der Waals surface area contributed by atoms with Gasteiger partial charge in [-0.25, -0.2) is 8.78 Å². The first-order valence-electron chi connectivity index (χ1n) is 9.06. The molecule has 0 bridgehead atoms. The van der Waals surface area contributed by atoms with Gasteiger partial charge in [0.1, 0.15) is 0 Å².